The molecule has 0 aliphatic carbocycles. The van der Waals surface area contributed by atoms with Crippen LogP contribution in [0.4, 0.5) is 5.82 Å². The number of para-hydroxylation sites is 1. The number of benzene rings is 1. The van der Waals surface area contributed by atoms with E-state index in [0.717, 1.165) is 22.4 Å². The van der Waals surface area contributed by atoms with Crippen molar-refractivity contribution in [2.24, 2.45) is 7.05 Å². The molecule has 0 saturated heterocycles. The monoisotopic (exact) mass is 254 g/mol. The molecule has 1 aromatic carbocycles. The van der Waals surface area contributed by atoms with Crippen molar-refractivity contribution in [1.29, 1.82) is 0 Å². The summed E-state index contributed by atoms with van der Waals surface area (Å²) >= 11 is 0. The van der Waals surface area contributed by atoms with Crippen molar-refractivity contribution >= 4 is 16.9 Å². The Morgan fingerprint density at radius 3 is 2.89 bits per heavy atom. The Morgan fingerprint density at radius 2 is 2.05 bits per heavy atom. The van der Waals surface area contributed by atoms with Crippen molar-refractivity contribution < 1.29 is 5.11 Å². The minimum absolute atomic E-state index is 0.281. The minimum atomic E-state index is 0.281. The molecule has 3 aromatic rings. The molecule has 2 heterocycles. The molecule has 0 aliphatic heterocycles. The Morgan fingerprint density at radius 1 is 1.21 bits per heavy atom. The molecule has 0 amide bonds. The van der Waals surface area contributed by atoms with Crippen LogP contribution in [0.15, 0.2) is 42.9 Å². The van der Waals surface area contributed by atoms with E-state index >= 15 is 0 Å². The zero-order valence-electron chi connectivity index (χ0n) is 10.5. The largest absolute Gasteiger partial charge is 0.508 e. The smallest absolute Gasteiger partial charge is 0.154 e. The van der Waals surface area contributed by atoms with E-state index in [0.29, 0.717) is 6.54 Å². The number of phenolic OH excluding ortho intramolecular Hbond substituents is 1. The van der Waals surface area contributed by atoms with Crippen LogP contribution in [0.1, 0.15) is 5.56 Å². The predicted octanol–water partition coefficient (Wildman–Crippen LogP) is 2.29. The van der Waals surface area contributed by atoms with Crippen molar-refractivity contribution in [2.45, 2.75) is 6.54 Å². The van der Waals surface area contributed by atoms with Gasteiger partial charge in [-0.05, 0) is 12.1 Å². The fourth-order valence-corrected chi connectivity index (χ4v) is 2.03. The number of nitrogens with zero attached hydrogens (tertiary/aromatic N) is 3. The molecule has 0 radical (unpaired) electrons. The Labute approximate surface area is 110 Å². The summed E-state index contributed by atoms with van der Waals surface area (Å²) in [7, 11) is 1.95. The van der Waals surface area contributed by atoms with Crippen molar-refractivity contribution in [1.82, 2.24) is 14.5 Å². The number of hydrogen-bond donors (Lipinski definition) is 2. The van der Waals surface area contributed by atoms with Crippen LogP contribution in [0.3, 0.4) is 0 Å². The third kappa shape index (κ3) is 2.10. The molecule has 0 unspecified atom stereocenters. The highest BCUT2D eigenvalue weighted by molar-refractivity contribution is 5.85. The lowest BCUT2D eigenvalue weighted by Crippen LogP contribution is -2.02. The molecule has 0 bridgehead atoms. The molecule has 5 nitrogen and oxygen atoms in total. The van der Waals surface area contributed by atoms with E-state index in [1.807, 2.05) is 29.8 Å². The number of phenols is 1. The number of aromatic nitrogens is 3. The second-order valence-electron chi connectivity index (χ2n) is 4.37. The van der Waals surface area contributed by atoms with Crippen LogP contribution in [-0.4, -0.2) is 19.6 Å². The first-order valence-corrected chi connectivity index (χ1v) is 6.02. The standard InChI is InChI=1S/C14H14N4O/c1-18-9-17-13-11(18)6-7-15-14(13)16-8-10-4-2-3-5-12(10)19/h2-7,9,19H,8H2,1H3,(H,15,16). The number of anilines is 1. The molecule has 2 N–H and O–H groups in total. The van der Waals surface area contributed by atoms with Gasteiger partial charge in [-0.25, -0.2) is 9.97 Å². The highest BCUT2D eigenvalue weighted by Crippen LogP contribution is 2.21. The third-order valence-corrected chi connectivity index (χ3v) is 3.08. The average Bonchev–Trinajstić information content (AvgIpc) is 2.81. The number of imidazole rings is 1. The van der Waals surface area contributed by atoms with E-state index in [2.05, 4.69) is 15.3 Å². The second-order valence-corrected chi connectivity index (χ2v) is 4.37. The maximum atomic E-state index is 9.73. The minimum Gasteiger partial charge on any atom is -0.508 e. The van der Waals surface area contributed by atoms with Crippen molar-refractivity contribution in [2.75, 3.05) is 5.32 Å². The summed E-state index contributed by atoms with van der Waals surface area (Å²) in [6.07, 6.45) is 3.51. The van der Waals surface area contributed by atoms with E-state index in [1.54, 1.807) is 24.7 Å². The van der Waals surface area contributed by atoms with Crippen LogP contribution in [0, 0.1) is 0 Å². The lowest BCUT2D eigenvalue weighted by molar-refractivity contribution is 0.469. The summed E-state index contributed by atoms with van der Waals surface area (Å²) in [5.74, 6) is 1.00. The van der Waals surface area contributed by atoms with Gasteiger partial charge in [0.15, 0.2) is 5.82 Å². The first-order valence-electron chi connectivity index (χ1n) is 6.02. The summed E-state index contributed by atoms with van der Waals surface area (Å²) in [4.78, 5) is 8.62. The number of aryl methyl sites for hydroxylation is 1. The van der Waals surface area contributed by atoms with Crippen LogP contribution in [0.25, 0.3) is 11.0 Å². The van der Waals surface area contributed by atoms with Crippen LogP contribution in [0.5, 0.6) is 5.75 Å². The molecule has 96 valence electrons. The first kappa shape index (κ1) is 11.5. The molecule has 0 atom stereocenters. The van der Waals surface area contributed by atoms with E-state index < -0.39 is 0 Å². The summed E-state index contributed by atoms with van der Waals surface area (Å²) < 4.78 is 1.95. The van der Waals surface area contributed by atoms with Gasteiger partial charge in [-0.2, -0.15) is 0 Å². The van der Waals surface area contributed by atoms with Crippen LogP contribution >= 0.6 is 0 Å². The highest BCUT2D eigenvalue weighted by atomic mass is 16.3. The van der Waals surface area contributed by atoms with E-state index in [1.165, 1.54) is 0 Å². The molecule has 19 heavy (non-hydrogen) atoms. The van der Waals surface area contributed by atoms with Crippen LogP contribution in [0.2, 0.25) is 0 Å². The maximum absolute atomic E-state index is 9.73. The van der Waals surface area contributed by atoms with E-state index in [9.17, 15) is 5.11 Å². The molecule has 0 saturated carbocycles. The Balaban J connectivity index is 1.88. The van der Waals surface area contributed by atoms with E-state index in [-0.39, 0.29) is 5.75 Å². The third-order valence-electron chi connectivity index (χ3n) is 3.08. The van der Waals surface area contributed by atoms with Gasteiger partial charge in [-0.15, -0.1) is 0 Å². The molecule has 5 heteroatoms. The predicted molar refractivity (Wildman–Crippen MR) is 73.9 cm³/mol. The molecule has 0 fully saturated rings. The zero-order chi connectivity index (χ0) is 13.2. The molecule has 0 spiro atoms. The summed E-state index contributed by atoms with van der Waals surface area (Å²) in [5.41, 5.74) is 2.69. The summed E-state index contributed by atoms with van der Waals surface area (Å²) in [5, 5.41) is 12.9. The number of nitrogens with one attached hydrogen (secondary N) is 1. The number of rotatable bonds is 3. The summed E-state index contributed by atoms with van der Waals surface area (Å²) in [6, 6.07) is 9.17. The topological polar surface area (TPSA) is 63.0 Å². The fourth-order valence-electron chi connectivity index (χ4n) is 2.03. The van der Waals surface area contributed by atoms with Gasteiger partial charge in [0, 0.05) is 25.4 Å². The van der Waals surface area contributed by atoms with Gasteiger partial charge >= 0.3 is 0 Å². The second kappa shape index (κ2) is 4.61. The summed E-state index contributed by atoms with van der Waals surface area (Å²) in [6.45, 7) is 0.509. The lowest BCUT2D eigenvalue weighted by Gasteiger charge is -2.07. The molecular weight excluding hydrogens is 240 g/mol. The molecular formula is C14H14N4O. The van der Waals surface area contributed by atoms with Gasteiger partial charge in [-0.3, -0.25) is 0 Å². The normalized spacial score (nSPS) is 10.8. The van der Waals surface area contributed by atoms with Gasteiger partial charge in [0.1, 0.15) is 11.3 Å². The first-order chi connectivity index (χ1) is 9.25. The maximum Gasteiger partial charge on any atom is 0.154 e. The van der Waals surface area contributed by atoms with Crippen molar-refractivity contribution in [3.05, 3.63) is 48.4 Å². The number of aromatic hydroxyl groups is 1. The average molecular weight is 254 g/mol. The fraction of sp³-hybridized carbons (Fsp3) is 0.143. The van der Waals surface area contributed by atoms with Gasteiger partial charge in [0.2, 0.25) is 0 Å². The number of fused-ring (bicyclic) bond motifs is 1. The Hall–Kier alpha value is -2.56. The van der Waals surface area contributed by atoms with Crippen molar-refractivity contribution in [3.8, 4) is 5.75 Å². The molecule has 0 aliphatic rings. The van der Waals surface area contributed by atoms with Gasteiger partial charge in [0.25, 0.3) is 0 Å². The van der Waals surface area contributed by atoms with Crippen molar-refractivity contribution in [3.63, 3.8) is 0 Å². The molecule has 3 rings (SSSR count). The quantitative estimate of drug-likeness (QED) is 0.752. The molecule has 2 aromatic heterocycles. The SMILES string of the molecule is Cn1cnc2c(NCc3ccccc3O)nccc21. The van der Waals surface area contributed by atoms with Crippen LogP contribution in [-0.2, 0) is 13.6 Å². The van der Waals surface area contributed by atoms with E-state index in [4.69, 9.17) is 0 Å². The highest BCUT2D eigenvalue weighted by Gasteiger charge is 2.07. The zero-order valence-corrected chi connectivity index (χ0v) is 10.5. The van der Waals surface area contributed by atoms with Gasteiger partial charge in [0.05, 0.1) is 11.8 Å². The number of hydrogen-bond acceptors (Lipinski definition) is 4. The Bertz CT molecular complexity index is 720. The lowest BCUT2D eigenvalue weighted by atomic mass is 10.2. The van der Waals surface area contributed by atoms with Gasteiger partial charge < -0.3 is 15.0 Å². The van der Waals surface area contributed by atoms with Gasteiger partial charge in [-0.1, -0.05) is 18.2 Å². The van der Waals surface area contributed by atoms with Crippen LogP contribution < -0.4 is 5.32 Å². The Kier molecular flexibility index (Phi) is 2.79. The number of pyridine rings is 1.